The Labute approximate surface area is 93.5 Å². The third-order valence-electron chi connectivity index (χ3n) is 1.98. The van der Waals surface area contributed by atoms with Crippen molar-refractivity contribution in [3.8, 4) is 0 Å². The fourth-order valence-electron chi connectivity index (χ4n) is 1.28. The first kappa shape index (κ1) is 14.2. The largest absolute Gasteiger partial charge is 0.268 e. The van der Waals surface area contributed by atoms with E-state index in [1.165, 1.54) is 4.31 Å². The summed E-state index contributed by atoms with van der Waals surface area (Å²) < 4.78 is 25.4. The molecule has 0 heterocycles. The van der Waals surface area contributed by atoms with Crippen molar-refractivity contribution < 1.29 is 8.42 Å². The van der Waals surface area contributed by atoms with Crippen LogP contribution in [0.5, 0.6) is 0 Å². The fourth-order valence-corrected chi connectivity index (χ4v) is 2.71. The Morgan fingerprint density at radius 2 is 1.73 bits per heavy atom. The lowest BCUT2D eigenvalue weighted by Crippen LogP contribution is -2.39. The summed E-state index contributed by atoms with van der Waals surface area (Å²) in [6.45, 7) is 12.6. The molecule has 0 rings (SSSR count). The Hall–Kier alpha value is -0.770. The van der Waals surface area contributed by atoms with E-state index in [0.717, 1.165) is 0 Å². The van der Waals surface area contributed by atoms with E-state index in [0.29, 0.717) is 5.70 Å². The van der Waals surface area contributed by atoms with Crippen LogP contribution in [0.25, 0.3) is 0 Å². The van der Waals surface area contributed by atoms with E-state index in [2.05, 4.69) is 6.58 Å². The van der Waals surface area contributed by atoms with Crippen molar-refractivity contribution in [3.63, 3.8) is 0 Å². The van der Waals surface area contributed by atoms with E-state index >= 15 is 0 Å². The number of hydrogen-bond acceptors (Lipinski definition) is 2. The molecule has 0 unspecified atom stereocenters. The second-order valence-electron chi connectivity index (χ2n) is 3.97. The van der Waals surface area contributed by atoms with Gasteiger partial charge in [-0.15, -0.1) is 0 Å². The summed E-state index contributed by atoms with van der Waals surface area (Å²) in [6, 6.07) is -0.110. The van der Waals surface area contributed by atoms with Gasteiger partial charge in [-0.25, -0.2) is 8.42 Å². The predicted molar refractivity (Wildman–Crippen MR) is 65.0 cm³/mol. The average molecular weight is 231 g/mol. The predicted octanol–water partition coefficient (Wildman–Crippen LogP) is 2.52. The number of allylic oxidation sites excluding steroid dienone is 2. The maximum atomic E-state index is 12.0. The molecule has 0 radical (unpaired) electrons. The first-order valence-electron chi connectivity index (χ1n) is 5.10. The normalized spacial score (nSPS) is 12.7. The van der Waals surface area contributed by atoms with E-state index in [4.69, 9.17) is 0 Å². The summed E-state index contributed by atoms with van der Waals surface area (Å²) in [5, 5.41) is -0.429. The third-order valence-corrected chi connectivity index (χ3v) is 4.38. The van der Waals surface area contributed by atoms with Gasteiger partial charge in [0.15, 0.2) is 0 Å². The van der Waals surface area contributed by atoms with Gasteiger partial charge in [0.2, 0.25) is 10.0 Å². The van der Waals surface area contributed by atoms with Gasteiger partial charge in [-0.2, -0.15) is 0 Å². The Bertz CT molecular complexity index is 340. The van der Waals surface area contributed by atoms with E-state index in [9.17, 15) is 8.42 Å². The van der Waals surface area contributed by atoms with Gasteiger partial charge in [0.05, 0.1) is 5.25 Å². The topological polar surface area (TPSA) is 37.4 Å². The molecule has 0 fully saturated rings. The minimum Gasteiger partial charge on any atom is -0.268 e. The monoisotopic (exact) mass is 231 g/mol. The lowest BCUT2D eigenvalue weighted by atomic mass is 10.3. The van der Waals surface area contributed by atoms with Crippen LogP contribution in [0.15, 0.2) is 24.4 Å². The summed E-state index contributed by atoms with van der Waals surface area (Å²) in [4.78, 5) is 0. The van der Waals surface area contributed by atoms with Crippen LogP contribution in [0.3, 0.4) is 0 Å². The smallest absolute Gasteiger partial charge is 0.237 e. The van der Waals surface area contributed by atoms with Gasteiger partial charge >= 0.3 is 0 Å². The van der Waals surface area contributed by atoms with Gasteiger partial charge in [0.25, 0.3) is 0 Å². The molecule has 0 aromatic rings. The molecule has 0 saturated carbocycles. The van der Waals surface area contributed by atoms with Crippen molar-refractivity contribution in [3.05, 3.63) is 24.4 Å². The summed E-state index contributed by atoms with van der Waals surface area (Å²) in [5.41, 5.74) is 0.515. The molecule has 4 heteroatoms. The van der Waals surface area contributed by atoms with Crippen LogP contribution in [0, 0.1) is 0 Å². The highest BCUT2D eigenvalue weighted by Crippen LogP contribution is 2.19. The van der Waals surface area contributed by atoms with Gasteiger partial charge in [-0.3, -0.25) is 4.31 Å². The Kier molecular flexibility index (Phi) is 5.08. The molecule has 0 amide bonds. The quantitative estimate of drug-likeness (QED) is 0.682. The molecule has 88 valence electrons. The van der Waals surface area contributed by atoms with Crippen LogP contribution in [0.4, 0.5) is 0 Å². The molecule has 0 bridgehead atoms. The van der Waals surface area contributed by atoms with Gasteiger partial charge in [-0.1, -0.05) is 12.7 Å². The zero-order valence-corrected chi connectivity index (χ0v) is 11.0. The molecule has 0 N–H and O–H groups in total. The van der Waals surface area contributed by atoms with Crippen LogP contribution in [0.1, 0.15) is 34.6 Å². The highest BCUT2D eigenvalue weighted by Gasteiger charge is 2.27. The van der Waals surface area contributed by atoms with Crippen LogP contribution in [-0.2, 0) is 10.0 Å². The fraction of sp³-hybridized carbons (Fsp3) is 0.636. The van der Waals surface area contributed by atoms with Gasteiger partial charge < -0.3 is 0 Å². The minimum absolute atomic E-state index is 0.110. The van der Waals surface area contributed by atoms with E-state index < -0.39 is 15.3 Å². The molecule has 0 aliphatic rings. The zero-order chi connectivity index (χ0) is 12.2. The number of sulfonamides is 1. The Morgan fingerprint density at radius 3 is 2.00 bits per heavy atom. The maximum Gasteiger partial charge on any atom is 0.237 e. The molecule has 0 saturated heterocycles. The van der Waals surface area contributed by atoms with Crippen LogP contribution >= 0.6 is 0 Å². The maximum absolute atomic E-state index is 12.0. The lowest BCUT2D eigenvalue weighted by molar-refractivity contribution is 0.421. The van der Waals surface area contributed by atoms with Crippen molar-refractivity contribution >= 4 is 10.0 Å². The summed E-state index contributed by atoms with van der Waals surface area (Å²) in [6.07, 6.45) is 3.49. The molecule has 0 aromatic heterocycles. The molecule has 0 atom stereocenters. The average Bonchev–Trinajstić information content (AvgIpc) is 2.02. The number of rotatable bonds is 5. The van der Waals surface area contributed by atoms with Gasteiger partial charge in [0.1, 0.15) is 0 Å². The minimum atomic E-state index is -3.28. The lowest BCUT2D eigenvalue weighted by Gasteiger charge is -2.30. The third kappa shape index (κ3) is 3.38. The van der Waals surface area contributed by atoms with E-state index in [1.54, 1.807) is 26.0 Å². The van der Waals surface area contributed by atoms with Gasteiger partial charge in [0, 0.05) is 11.7 Å². The van der Waals surface area contributed by atoms with Crippen LogP contribution in [0.2, 0.25) is 0 Å². The second-order valence-corrected chi connectivity index (χ2v) is 6.34. The summed E-state index contributed by atoms with van der Waals surface area (Å²) in [7, 11) is -3.28. The molecule has 0 spiro atoms. The highest BCUT2D eigenvalue weighted by molar-refractivity contribution is 7.89. The van der Waals surface area contributed by atoms with Crippen molar-refractivity contribution in [2.75, 3.05) is 0 Å². The Morgan fingerprint density at radius 1 is 1.27 bits per heavy atom. The van der Waals surface area contributed by atoms with E-state index in [-0.39, 0.29) is 6.04 Å². The van der Waals surface area contributed by atoms with Crippen LogP contribution in [-0.4, -0.2) is 24.0 Å². The van der Waals surface area contributed by atoms with Crippen molar-refractivity contribution in [2.24, 2.45) is 0 Å². The first-order chi connectivity index (χ1) is 6.75. The molecule has 0 aliphatic heterocycles. The van der Waals surface area contributed by atoms with Crippen LogP contribution < -0.4 is 0 Å². The SMILES string of the molecule is C=C(/C=C\C)N(C(C)C)S(=O)(=O)C(C)C. The molecule has 3 nitrogen and oxygen atoms in total. The van der Waals surface area contributed by atoms with Crippen molar-refractivity contribution in [2.45, 2.75) is 45.9 Å². The zero-order valence-electron chi connectivity index (χ0n) is 10.2. The first-order valence-corrected chi connectivity index (χ1v) is 6.60. The molecule has 0 aliphatic carbocycles. The summed E-state index contributed by atoms with van der Waals surface area (Å²) in [5.74, 6) is 0. The number of nitrogens with zero attached hydrogens (tertiary/aromatic N) is 1. The molecular formula is C11H21NO2S. The van der Waals surface area contributed by atoms with Gasteiger partial charge in [-0.05, 0) is 40.7 Å². The highest BCUT2D eigenvalue weighted by atomic mass is 32.2. The summed E-state index contributed by atoms with van der Waals surface area (Å²) >= 11 is 0. The molecule has 15 heavy (non-hydrogen) atoms. The molecule has 0 aromatic carbocycles. The second kappa shape index (κ2) is 5.35. The van der Waals surface area contributed by atoms with Crippen molar-refractivity contribution in [1.29, 1.82) is 0 Å². The number of hydrogen-bond donors (Lipinski definition) is 0. The Balaban J connectivity index is 5.26. The van der Waals surface area contributed by atoms with Crippen molar-refractivity contribution in [1.82, 2.24) is 4.31 Å². The van der Waals surface area contributed by atoms with E-state index in [1.807, 2.05) is 20.8 Å². The molecular weight excluding hydrogens is 210 g/mol. The standard InChI is InChI=1S/C11H21NO2S/c1-7-8-11(6)12(9(2)3)15(13,14)10(4)5/h7-10H,6H2,1-5H3/b8-7-.